The molecular weight excluding hydrogens is 279 g/mol. The molecule has 0 amide bonds. The summed E-state index contributed by atoms with van der Waals surface area (Å²) in [6.45, 7) is 8.42. The zero-order valence-electron chi connectivity index (χ0n) is 13.4. The molecule has 0 bridgehead atoms. The van der Waals surface area contributed by atoms with E-state index in [0.717, 1.165) is 11.4 Å². The Morgan fingerprint density at radius 1 is 0.636 bits per heavy atom. The molecule has 2 rings (SSSR count). The second kappa shape index (κ2) is 7.31. The SMILES string of the molecule is Cc1cc(N)cc(C)c1-c1c(C)cc(N)cc1C.OB(O)O. The zero-order chi connectivity index (χ0) is 17.0. The highest BCUT2D eigenvalue weighted by Crippen LogP contribution is 2.35. The van der Waals surface area contributed by atoms with Gasteiger partial charge in [0.15, 0.2) is 0 Å². The van der Waals surface area contributed by atoms with Gasteiger partial charge < -0.3 is 26.5 Å². The highest BCUT2D eigenvalue weighted by Gasteiger charge is 2.12. The van der Waals surface area contributed by atoms with Crippen LogP contribution in [0.2, 0.25) is 0 Å². The first-order chi connectivity index (χ1) is 10.1. The smallest absolute Gasteiger partial charge is 0.402 e. The van der Waals surface area contributed by atoms with E-state index in [4.69, 9.17) is 26.5 Å². The summed E-state index contributed by atoms with van der Waals surface area (Å²) in [7, 11) is -2.17. The molecular formula is C16H23BN2O3. The van der Waals surface area contributed by atoms with E-state index in [2.05, 4.69) is 27.7 Å². The van der Waals surface area contributed by atoms with E-state index in [-0.39, 0.29) is 0 Å². The van der Waals surface area contributed by atoms with Crippen molar-refractivity contribution in [3.63, 3.8) is 0 Å². The van der Waals surface area contributed by atoms with Crippen LogP contribution in [0.5, 0.6) is 0 Å². The van der Waals surface area contributed by atoms with E-state index < -0.39 is 7.32 Å². The molecule has 0 aliphatic heterocycles. The second-order valence-corrected chi connectivity index (χ2v) is 5.41. The van der Waals surface area contributed by atoms with Gasteiger partial charge in [0, 0.05) is 11.4 Å². The van der Waals surface area contributed by atoms with Crippen LogP contribution < -0.4 is 11.5 Å². The quantitative estimate of drug-likeness (QED) is 0.406. The minimum Gasteiger partial charge on any atom is -0.402 e. The maximum atomic E-state index is 7.17. The summed E-state index contributed by atoms with van der Waals surface area (Å²) in [6.07, 6.45) is 0. The van der Waals surface area contributed by atoms with Crippen LogP contribution in [0.25, 0.3) is 11.1 Å². The summed E-state index contributed by atoms with van der Waals surface area (Å²) in [6, 6.07) is 8.10. The number of aryl methyl sites for hydroxylation is 4. The van der Waals surface area contributed by atoms with Gasteiger partial charge in [0.2, 0.25) is 0 Å². The van der Waals surface area contributed by atoms with Gasteiger partial charge in [-0.3, -0.25) is 0 Å². The molecule has 0 saturated carbocycles. The molecule has 0 heterocycles. The Morgan fingerprint density at radius 3 is 1.00 bits per heavy atom. The maximum absolute atomic E-state index is 7.17. The third-order valence-corrected chi connectivity index (χ3v) is 3.36. The molecule has 0 spiro atoms. The largest absolute Gasteiger partial charge is 0.631 e. The topological polar surface area (TPSA) is 113 Å². The van der Waals surface area contributed by atoms with Gasteiger partial charge in [0.05, 0.1) is 0 Å². The Bertz CT molecular complexity index is 568. The van der Waals surface area contributed by atoms with Crippen molar-refractivity contribution >= 4 is 18.7 Å². The Labute approximate surface area is 131 Å². The van der Waals surface area contributed by atoms with Crippen molar-refractivity contribution in [1.82, 2.24) is 0 Å². The van der Waals surface area contributed by atoms with E-state index in [9.17, 15) is 0 Å². The van der Waals surface area contributed by atoms with E-state index in [0.29, 0.717) is 0 Å². The summed E-state index contributed by atoms with van der Waals surface area (Å²) in [4.78, 5) is 0. The normalized spacial score (nSPS) is 9.95. The standard InChI is InChI=1S/C16H20N2.BH3O3/c1-9-5-13(17)6-10(2)15(9)16-11(3)7-14(18)8-12(16)4;2-1(3)4/h5-8H,17-18H2,1-4H3;2-4H. The van der Waals surface area contributed by atoms with Crippen LogP contribution in [0.15, 0.2) is 24.3 Å². The molecule has 0 saturated heterocycles. The zero-order valence-corrected chi connectivity index (χ0v) is 13.4. The van der Waals surface area contributed by atoms with Gasteiger partial charge in [-0.15, -0.1) is 0 Å². The van der Waals surface area contributed by atoms with Crippen molar-refractivity contribution in [3.05, 3.63) is 46.5 Å². The average molecular weight is 302 g/mol. The first-order valence-electron chi connectivity index (χ1n) is 6.91. The Balaban J connectivity index is 0.000000541. The van der Waals surface area contributed by atoms with Gasteiger partial charge in [0.25, 0.3) is 0 Å². The lowest BCUT2D eigenvalue weighted by Crippen LogP contribution is -2.07. The third kappa shape index (κ3) is 4.49. The monoisotopic (exact) mass is 302 g/mol. The maximum Gasteiger partial charge on any atom is 0.631 e. The van der Waals surface area contributed by atoms with Crippen LogP contribution in [0, 0.1) is 27.7 Å². The number of nitrogen functional groups attached to an aromatic ring is 2. The average Bonchev–Trinajstić information content (AvgIpc) is 2.30. The number of nitrogens with two attached hydrogens (primary N) is 2. The number of hydrogen-bond donors (Lipinski definition) is 5. The molecule has 2 aromatic carbocycles. The molecule has 0 atom stereocenters. The lowest BCUT2D eigenvalue weighted by molar-refractivity contribution is 0.278. The van der Waals surface area contributed by atoms with Crippen molar-refractivity contribution in [2.75, 3.05) is 11.5 Å². The minimum absolute atomic E-state index is 0.819. The molecule has 0 aliphatic carbocycles. The first kappa shape index (κ1) is 18.0. The van der Waals surface area contributed by atoms with E-state index in [1.54, 1.807) is 0 Å². The highest BCUT2D eigenvalue weighted by atomic mass is 16.5. The summed E-state index contributed by atoms with van der Waals surface area (Å²) >= 11 is 0. The predicted molar refractivity (Wildman–Crippen MR) is 92.1 cm³/mol. The number of hydrogen-bond acceptors (Lipinski definition) is 5. The highest BCUT2D eigenvalue weighted by molar-refractivity contribution is 6.30. The van der Waals surface area contributed by atoms with Gasteiger partial charge in [0.1, 0.15) is 0 Å². The molecule has 7 N–H and O–H groups in total. The van der Waals surface area contributed by atoms with Gasteiger partial charge in [-0.1, -0.05) is 0 Å². The van der Waals surface area contributed by atoms with Crippen molar-refractivity contribution in [2.45, 2.75) is 27.7 Å². The molecule has 5 nitrogen and oxygen atoms in total. The van der Waals surface area contributed by atoms with Crippen molar-refractivity contribution in [1.29, 1.82) is 0 Å². The summed E-state index contributed by atoms with van der Waals surface area (Å²) in [5.41, 5.74) is 20.8. The number of rotatable bonds is 1. The Hall–Kier alpha value is -2.02. The lowest BCUT2D eigenvalue weighted by atomic mass is 9.89. The van der Waals surface area contributed by atoms with Crippen molar-refractivity contribution < 1.29 is 15.1 Å². The van der Waals surface area contributed by atoms with Gasteiger partial charge >= 0.3 is 7.32 Å². The van der Waals surface area contributed by atoms with Crippen LogP contribution in [-0.4, -0.2) is 22.4 Å². The molecule has 22 heavy (non-hydrogen) atoms. The summed E-state index contributed by atoms with van der Waals surface area (Å²) < 4.78 is 0. The Kier molecular flexibility index (Phi) is 5.99. The molecule has 0 aliphatic rings. The fraction of sp³-hybridized carbons (Fsp3) is 0.250. The third-order valence-electron chi connectivity index (χ3n) is 3.36. The van der Waals surface area contributed by atoms with Gasteiger partial charge in [-0.2, -0.15) is 0 Å². The van der Waals surface area contributed by atoms with Crippen molar-refractivity contribution in [3.8, 4) is 11.1 Å². The summed E-state index contributed by atoms with van der Waals surface area (Å²) in [5.74, 6) is 0. The molecule has 118 valence electrons. The van der Waals surface area contributed by atoms with E-state index >= 15 is 0 Å². The molecule has 0 aromatic heterocycles. The minimum atomic E-state index is -2.17. The molecule has 0 fully saturated rings. The summed E-state index contributed by atoms with van der Waals surface area (Å²) in [5, 5.41) is 21.5. The molecule has 2 aromatic rings. The van der Waals surface area contributed by atoms with E-state index in [1.165, 1.54) is 33.4 Å². The van der Waals surface area contributed by atoms with Crippen LogP contribution in [0.3, 0.4) is 0 Å². The van der Waals surface area contributed by atoms with Crippen LogP contribution in [0.4, 0.5) is 11.4 Å². The fourth-order valence-corrected chi connectivity index (χ4v) is 2.78. The van der Waals surface area contributed by atoms with Crippen molar-refractivity contribution in [2.24, 2.45) is 0 Å². The van der Waals surface area contributed by atoms with Crippen LogP contribution >= 0.6 is 0 Å². The number of anilines is 2. The van der Waals surface area contributed by atoms with Crippen LogP contribution in [0.1, 0.15) is 22.3 Å². The van der Waals surface area contributed by atoms with Gasteiger partial charge in [-0.25, -0.2) is 0 Å². The van der Waals surface area contributed by atoms with E-state index in [1.807, 2.05) is 24.3 Å². The predicted octanol–water partition coefficient (Wildman–Crippen LogP) is 1.70. The molecule has 6 heteroatoms. The van der Waals surface area contributed by atoms with Crippen LogP contribution in [-0.2, 0) is 0 Å². The molecule has 0 radical (unpaired) electrons. The molecule has 0 unspecified atom stereocenters. The second-order valence-electron chi connectivity index (χ2n) is 5.41. The first-order valence-corrected chi connectivity index (χ1v) is 6.91. The lowest BCUT2D eigenvalue weighted by Gasteiger charge is -2.17. The Morgan fingerprint density at radius 2 is 0.818 bits per heavy atom. The van der Waals surface area contributed by atoms with Gasteiger partial charge in [-0.05, 0) is 85.3 Å². The number of benzene rings is 2. The fourth-order valence-electron chi connectivity index (χ4n) is 2.78.